The van der Waals surface area contributed by atoms with Crippen LogP contribution < -0.4 is 19.1 Å². The fraction of sp³-hybridized carbons (Fsp3) is 0.286. The van der Waals surface area contributed by atoms with Crippen molar-refractivity contribution < 1.29 is 19.0 Å². The summed E-state index contributed by atoms with van der Waals surface area (Å²) >= 11 is 0. The molecule has 1 fully saturated rings. The third kappa shape index (κ3) is 4.67. The van der Waals surface area contributed by atoms with Crippen molar-refractivity contribution in [2.45, 2.75) is 25.8 Å². The van der Waals surface area contributed by atoms with Crippen LogP contribution in [0.25, 0.3) is 11.0 Å². The molecule has 4 aromatic rings. The number of amides is 1. The number of aromatic nitrogens is 2. The van der Waals surface area contributed by atoms with E-state index in [9.17, 15) is 4.79 Å². The Morgan fingerprint density at radius 1 is 0.943 bits per heavy atom. The second-order valence-corrected chi connectivity index (χ2v) is 8.44. The fourth-order valence-electron chi connectivity index (χ4n) is 4.64. The van der Waals surface area contributed by atoms with E-state index < -0.39 is 0 Å². The van der Waals surface area contributed by atoms with Crippen LogP contribution in [0.15, 0.2) is 72.8 Å². The molecular formula is C28H29N3O4. The molecule has 1 aromatic heterocycles. The number of hydrogen-bond acceptors (Lipinski definition) is 5. The summed E-state index contributed by atoms with van der Waals surface area (Å²) in [5.74, 6) is 3.22. The van der Waals surface area contributed by atoms with Gasteiger partial charge in [-0.25, -0.2) is 4.98 Å². The summed E-state index contributed by atoms with van der Waals surface area (Å²) in [4.78, 5) is 19.8. The number of benzene rings is 3. The minimum absolute atomic E-state index is 0.00673. The van der Waals surface area contributed by atoms with Crippen molar-refractivity contribution in [1.82, 2.24) is 9.55 Å². The molecule has 5 rings (SSSR count). The molecule has 0 spiro atoms. The Morgan fingerprint density at radius 2 is 1.69 bits per heavy atom. The molecule has 0 saturated carbocycles. The number of carbonyl (C=O) groups excluding carboxylic acids is 1. The zero-order valence-electron chi connectivity index (χ0n) is 20.0. The molecule has 7 nitrogen and oxygen atoms in total. The van der Waals surface area contributed by atoms with E-state index in [-0.39, 0.29) is 11.8 Å². The molecule has 180 valence electrons. The summed E-state index contributed by atoms with van der Waals surface area (Å²) in [6.07, 6.45) is 0.421. The van der Waals surface area contributed by atoms with E-state index >= 15 is 0 Å². The van der Waals surface area contributed by atoms with E-state index in [1.165, 1.54) is 0 Å². The molecule has 1 aliphatic heterocycles. The van der Waals surface area contributed by atoms with Crippen LogP contribution in [0, 0.1) is 0 Å². The van der Waals surface area contributed by atoms with Gasteiger partial charge in [0.1, 0.15) is 18.2 Å². The Morgan fingerprint density at radius 3 is 2.46 bits per heavy atom. The molecule has 1 saturated heterocycles. The number of anilines is 1. The van der Waals surface area contributed by atoms with E-state index in [0.717, 1.165) is 28.3 Å². The average molecular weight is 472 g/mol. The van der Waals surface area contributed by atoms with Gasteiger partial charge in [-0.1, -0.05) is 24.3 Å². The van der Waals surface area contributed by atoms with Gasteiger partial charge in [-0.3, -0.25) is 4.79 Å². The molecule has 0 bridgehead atoms. The van der Waals surface area contributed by atoms with Crippen LogP contribution in [0.4, 0.5) is 5.69 Å². The second-order valence-electron chi connectivity index (χ2n) is 8.44. The van der Waals surface area contributed by atoms with Gasteiger partial charge in [-0.15, -0.1) is 0 Å². The van der Waals surface area contributed by atoms with Crippen molar-refractivity contribution in [3.63, 3.8) is 0 Å². The van der Waals surface area contributed by atoms with Gasteiger partial charge < -0.3 is 23.7 Å². The fourth-order valence-corrected chi connectivity index (χ4v) is 4.64. The van der Waals surface area contributed by atoms with E-state index in [2.05, 4.69) is 10.6 Å². The van der Waals surface area contributed by atoms with Crippen LogP contribution >= 0.6 is 0 Å². The molecule has 0 aliphatic carbocycles. The highest BCUT2D eigenvalue weighted by Crippen LogP contribution is 2.34. The van der Waals surface area contributed by atoms with Crippen LogP contribution in [-0.4, -0.2) is 42.3 Å². The lowest BCUT2D eigenvalue weighted by atomic mass is 10.1. The monoisotopic (exact) mass is 471 g/mol. The highest BCUT2D eigenvalue weighted by Gasteiger charge is 2.34. The number of hydrogen-bond donors (Lipinski definition) is 0. The maximum absolute atomic E-state index is 13.0. The molecule has 0 radical (unpaired) electrons. The maximum Gasteiger partial charge on any atom is 0.227 e. The molecule has 0 unspecified atom stereocenters. The minimum Gasteiger partial charge on any atom is -0.494 e. The van der Waals surface area contributed by atoms with E-state index in [1.807, 2.05) is 78.6 Å². The number of imidazole rings is 1. The summed E-state index contributed by atoms with van der Waals surface area (Å²) in [7, 11) is 1.64. The molecular weight excluding hydrogens is 442 g/mol. The quantitative estimate of drug-likeness (QED) is 0.342. The first-order valence-electron chi connectivity index (χ1n) is 11.9. The molecule has 3 aromatic carbocycles. The van der Waals surface area contributed by atoms with Gasteiger partial charge in [-0.2, -0.15) is 0 Å². The zero-order valence-corrected chi connectivity index (χ0v) is 20.0. The maximum atomic E-state index is 13.0. The van der Waals surface area contributed by atoms with Gasteiger partial charge in [0.25, 0.3) is 0 Å². The lowest BCUT2D eigenvalue weighted by molar-refractivity contribution is -0.117. The van der Waals surface area contributed by atoms with E-state index in [0.29, 0.717) is 44.2 Å². The highest BCUT2D eigenvalue weighted by molar-refractivity contribution is 5.96. The average Bonchev–Trinajstić information content (AvgIpc) is 3.45. The molecule has 0 N–H and O–H groups in total. The SMILES string of the molecule is CCOc1ccc(N2C[C@@H](c3nc4ccccc4n3CCOc3ccccc3OC)CC2=O)cc1. The van der Waals surface area contributed by atoms with Crippen LogP contribution in [0.5, 0.6) is 17.2 Å². The number of ether oxygens (including phenoxy) is 3. The van der Waals surface area contributed by atoms with Crippen LogP contribution in [0.2, 0.25) is 0 Å². The molecule has 2 heterocycles. The molecule has 35 heavy (non-hydrogen) atoms. The Kier molecular flexibility index (Phi) is 6.57. The van der Waals surface area contributed by atoms with Gasteiger partial charge in [0.2, 0.25) is 5.91 Å². The first-order chi connectivity index (χ1) is 17.2. The zero-order chi connectivity index (χ0) is 24.2. The highest BCUT2D eigenvalue weighted by atomic mass is 16.5. The first-order valence-corrected chi connectivity index (χ1v) is 11.9. The van der Waals surface area contributed by atoms with Crippen molar-refractivity contribution in [3.05, 3.63) is 78.6 Å². The summed E-state index contributed by atoms with van der Waals surface area (Å²) in [6.45, 7) is 4.22. The summed E-state index contributed by atoms with van der Waals surface area (Å²) in [5.41, 5.74) is 2.84. The van der Waals surface area contributed by atoms with Gasteiger partial charge >= 0.3 is 0 Å². The van der Waals surface area contributed by atoms with Crippen molar-refractivity contribution in [1.29, 1.82) is 0 Å². The summed E-state index contributed by atoms with van der Waals surface area (Å²) < 4.78 is 19.2. The van der Waals surface area contributed by atoms with Crippen LogP contribution in [-0.2, 0) is 11.3 Å². The van der Waals surface area contributed by atoms with Gasteiger partial charge in [0.05, 0.1) is 31.3 Å². The number of para-hydroxylation sites is 4. The number of nitrogens with zero attached hydrogens (tertiary/aromatic N) is 3. The number of methoxy groups -OCH3 is 1. The van der Waals surface area contributed by atoms with Crippen molar-refractivity contribution in [2.75, 3.05) is 31.8 Å². The van der Waals surface area contributed by atoms with Gasteiger partial charge in [0.15, 0.2) is 11.5 Å². The molecule has 1 atom stereocenters. The molecule has 7 heteroatoms. The Bertz CT molecular complexity index is 1320. The standard InChI is InChI=1S/C28H29N3O4/c1-3-34-22-14-12-21(13-15-22)31-19-20(18-27(31)32)28-29-23-8-4-5-9-24(23)30(28)16-17-35-26-11-7-6-10-25(26)33-2/h4-15,20H,3,16-19H2,1-2H3/t20-/m0/s1. The van der Waals surface area contributed by atoms with Gasteiger partial charge in [-0.05, 0) is 55.5 Å². The minimum atomic E-state index is -0.00673. The van der Waals surface area contributed by atoms with Crippen molar-refractivity contribution >= 4 is 22.6 Å². The van der Waals surface area contributed by atoms with Crippen molar-refractivity contribution in [3.8, 4) is 17.2 Å². The van der Waals surface area contributed by atoms with Crippen LogP contribution in [0.1, 0.15) is 25.1 Å². The third-order valence-corrected chi connectivity index (χ3v) is 6.28. The smallest absolute Gasteiger partial charge is 0.227 e. The summed E-state index contributed by atoms with van der Waals surface area (Å²) in [6, 6.07) is 23.4. The molecule has 1 amide bonds. The van der Waals surface area contributed by atoms with E-state index in [1.54, 1.807) is 7.11 Å². The first kappa shape index (κ1) is 22.8. The van der Waals surface area contributed by atoms with Gasteiger partial charge in [0, 0.05) is 24.6 Å². The topological polar surface area (TPSA) is 65.8 Å². The predicted molar refractivity (Wildman–Crippen MR) is 136 cm³/mol. The number of fused-ring (bicyclic) bond motifs is 1. The van der Waals surface area contributed by atoms with Crippen LogP contribution in [0.3, 0.4) is 0 Å². The number of rotatable bonds is 9. The second kappa shape index (κ2) is 10.1. The van der Waals surface area contributed by atoms with E-state index in [4.69, 9.17) is 19.2 Å². The Hall–Kier alpha value is -4.00. The normalized spacial score (nSPS) is 15.5. The van der Waals surface area contributed by atoms with Crippen molar-refractivity contribution in [2.24, 2.45) is 0 Å². The third-order valence-electron chi connectivity index (χ3n) is 6.28. The Balaban J connectivity index is 1.37. The summed E-state index contributed by atoms with van der Waals surface area (Å²) in [5, 5.41) is 0. The molecule has 1 aliphatic rings. The largest absolute Gasteiger partial charge is 0.494 e. The lowest BCUT2D eigenvalue weighted by Gasteiger charge is -2.18. The number of carbonyl (C=O) groups is 1. The predicted octanol–water partition coefficient (Wildman–Crippen LogP) is 5.04. The Labute approximate surface area is 204 Å². The lowest BCUT2D eigenvalue weighted by Crippen LogP contribution is -2.24.